The predicted molar refractivity (Wildman–Crippen MR) is 74.3 cm³/mol. The topological polar surface area (TPSA) is 90.2 Å². The SMILES string of the molecule is N#CCc1ccc(S(=O)(=O)N[C@H]2CCCC[C@@H]2O)cc1. The number of aliphatic hydroxyl groups excluding tert-OH is 1. The van der Waals surface area contributed by atoms with Gasteiger partial charge in [-0.1, -0.05) is 25.0 Å². The minimum Gasteiger partial charge on any atom is -0.391 e. The fourth-order valence-corrected chi connectivity index (χ4v) is 3.70. The van der Waals surface area contributed by atoms with Crippen molar-refractivity contribution in [3.63, 3.8) is 0 Å². The largest absolute Gasteiger partial charge is 0.391 e. The lowest BCUT2D eigenvalue weighted by Gasteiger charge is -2.28. The molecule has 0 aliphatic heterocycles. The van der Waals surface area contributed by atoms with E-state index in [0.717, 1.165) is 18.4 Å². The Bertz CT molecular complexity index is 590. The van der Waals surface area contributed by atoms with Crippen LogP contribution in [0.5, 0.6) is 0 Å². The van der Waals surface area contributed by atoms with E-state index in [4.69, 9.17) is 5.26 Å². The molecule has 0 bridgehead atoms. The third-order valence-corrected chi connectivity index (χ3v) is 5.06. The zero-order valence-corrected chi connectivity index (χ0v) is 11.9. The molecule has 1 aromatic rings. The van der Waals surface area contributed by atoms with Crippen molar-refractivity contribution in [2.24, 2.45) is 0 Å². The van der Waals surface area contributed by atoms with Crippen molar-refractivity contribution < 1.29 is 13.5 Å². The van der Waals surface area contributed by atoms with Gasteiger partial charge in [0.2, 0.25) is 10.0 Å². The van der Waals surface area contributed by atoms with Crippen LogP contribution >= 0.6 is 0 Å². The molecule has 0 heterocycles. The first-order valence-corrected chi connectivity index (χ1v) is 8.17. The van der Waals surface area contributed by atoms with Gasteiger partial charge in [0, 0.05) is 6.04 Å². The first-order chi connectivity index (χ1) is 9.53. The van der Waals surface area contributed by atoms with Crippen LogP contribution in [0.3, 0.4) is 0 Å². The molecule has 0 unspecified atom stereocenters. The Kier molecular flexibility index (Phi) is 4.76. The fourth-order valence-electron chi connectivity index (χ4n) is 2.39. The maximum absolute atomic E-state index is 12.2. The summed E-state index contributed by atoms with van der Waals surface area (Å²) in [5.41, 5.74) is 0.782. The zero-order chi connectivity index (χ0) is 14.6. The highest BCUT2D eigenvalue weighted by atomic mass is 32.2. The van der Waals surface area contributed by atoms with Crippen LogP contribution in [0.15, 0.2) is 29.2 Å². The van der Waals surface area contributed by atoms with E-state index in [0.29, 0.717) is 12.8 Å². The predicted octanol–water partition coefficient (Wildman–Crippen LogP) is 1.33. The molecule has 2 rings (SSSR count). The fraction of sp³-hybridized carbons (Fsp3) is 0.500. The van der Waals surface area contributed by atoms with Gasteiger partial charge in [0.1, 0.15) is 0 Å². The van der Waals surface area contributed by atoms with Crippen molar-refractivity contribution >= 4 is 10.0 Å². The number of benzene rings is 1. The molecular weight excluding hydrogens is 276 g/mol. The molecule has 1 aliphatic carbocycles. The average molecular weight is 294 g/mol. The Hall–Kier alpha value is -1.42. The second kappa shape index (κ2) is 6.35. The van der Waals surface area contributed by atoms with Crippen LogP contribution in [0.4, 0.5) is 0 Å². The maximum Gasteiger partial charge on any atom is 0.240 e. The van der Waals surface area contributed by atoms with E-state index in [-0.39, 0.29) is 11.3 Å². The monoisotopic (exact) mass is 294 g/mol. The zero-order valence-electron chi connectivity index (χ0n) is 11.1. The molecule has 1 fully saturated rings. The highest BCUT2D eigenvalue weighted by molar-refractivity contribution is 7.89. The Labute approximate surface area is 119 Å². The Balaban J connectivity index is 2.11. The number of nitriles is 1. The van der Waals surface area contributed by atoms with Crippen molar-refractivity contribution in [1.29, 1.82) is 5.26 Å². The third-order valence-electron chi connectivity index (χ3n) is 3.55. The number of hydrogen-bond acceptors (Lipinski definition) is 4. The van der Waals surface area contributed by atoms with Gasteiger partial charge in [0.05, 0.1) is 23.5 Å². The van der Waals surface area contributed by atoms with Crippen LogP contribution in [0.1, 0.15) is 31.2 Å². The summed E-state index contributed by atoms with van der Waals surface area (Å²) in [5.74, 6) is 0. The molecule has 0 aromatic heterocycles. The van der Waals surface area contributed by atoms with Crippen molar-refractivity contribution in [3.05, 3.63) is 29.8 Å². The summed E-state index contributed by atoms with van der Waals surface area (Å²) in [4.78, 5) is 0.164. The van der Waals surface area contributed by atoms with E-state index in [1.807, 2.05) is 6.07 Å². The van der Waals surface area contributed by atoms with Gasteiger partial charge in [-0.2, -0.15) is 5.26 Å². The van der Waals surface area contributed by atoms with Crippen LogP contribution < -0.4 is 4.72 Å². The Morgan fingerprint density at radius 3 is 2.50 bits per heavy atom. The summed E-state index contributed by atoms with van der Waals surface area (Å²) in [6, 6.07) is 7.85. The van der Waals surface area contributed by atoms with Crippen LogP contribution in [-0.4, -0.2) is 25.7 Å². The van der Waals surface area contributed by atoms with E-state index in [1.54, 1.807) is 12.1 Å². The molecule has 108 valence electrons. The second-order valence-corrected chi connectivity index (χ2v) is 6.77. The summed E-state index contributed by atoms with van der Waals surface area (Å²) >= 11 is 0. The van der Waals surface area contributed by atoms with Crippen LogP contribution in [0, 0.1) is 11.3 Å². The van der Waals surface area contributed by atoms with Crippen LogP contribution in [0.25, 0.3) is 0 Å². The second-order valence-electron chi connectivity index (χ2n) is 5.06. The lowest BCUT2D eigenvalue weighted by molar-refractivity contribution is 0.101. The lowest BCUT2D eigenvalue weighted by Crippen LogP contribution is -2.44. The quantitative estimate of drug-likeness (QED) is 0.876. The molecule has 20 heavy (non-hydrogen) atoms. The maximum atomic E-state index is 12.2. The van der Waals surface area contributed by atoms with Gasteiger partial charge in [-0.05, 0) is 30.5 Å². The van der Waals surface area contributed by atoms with Gasteiger partial charge in [-0.25, -0.2) is 13.1 Å². The highest BCUT2D eigenvalue weighted by Crippen LogP contribution is 2.20. The Morgan fingerprint density at radius 2 is 1.90 bits per heavy atom. The average Bonchev–Trinajstić information content (AvgIpc) is 2.42. The first-order valence-electron chi connectivity index (χ1n) is 6.69. The van der Waals surface area contributed by atoms with Gasteiger partial charge >= 0.3 is 0 Å². The molecule has 1 aromatic carbocycles. The van der Waals surface area contributed by atoms with E-state index in [9.17, 15) is 13.5 Å². The molecule has 0 radical (unpaired) electrons. The summed E-state index contributed by atoms with van der Waals surface area (Å²) < 4.78 is 27.0. The number of nitrogens with one attached hydrogen (secondary N) is 1. The van der Waals surface area contributed by atoms with Crippen LogP contribution in [0.2, 0.25) is 0 Å². The standard InChI is InChI=1S/C14H18N2O3S/c15-10-9-11-5-7-12(8-6-11)20(18,19)16-13-3-1-2-4-14(13)17/h5-8,13-14,16-17H,1-4,9H2/t13-,14-/m0/s1. The van der Waals surface area contributed by atoms with Gasteiger partial charge in [0.25, 0.3) is 0 Å². The minimum atomic E-state index is -3.62. The van der Waals surface area contributed by atoms with Gasteiger partial charge < -0.3 is 5.11 Å². The number of aliphatic hydroxyl groups is 1. The summed E-state index contributed by atoms with van der Waals surface area (Å²) in [6.45, 7) is 0. The highest BCUT2D eigenvalue weighted by Gasteiger charge is 2.27. The minimum absolute atomic E-state index is 0.164. The number of rotatable bonds is 4. The van der Waals surface area contributed by atoms with E-state index >= 15 is 0 Å². The molecule has 1 aliphatic rings. The third kappa shape index (κ3) is 3.57. The number of hydrogen-bond donors (Lipinski definition) is 2. The van der Waals surface area contributed by atoms with Crippen molar-refractivity contribution in [2.75, 3.05) is 0 Å². The van der Waals surface area contributed by atoms with Crippen LogP contribution in [-0.2, 0) is 16.4 Å². The molecule has 5 nitrogen and oxygen atoms in total. The van der Waals surface area contributed by atoms with E-state index < -0.39 is 22.2 Å². The van der Waals surface area contributed by atoms with E-state index in [2.05, 4.69) is 4.72 Å². The molecule has 0 amide bonds. The van der Waals surface area contributed by atoms with Crippen molar-refractivity contribution in [2.45, 2.75) is 49.1 Å². The Morgan fingerprint density at radius 1 is 1.25 bits per heavy atom. The molecule has 1 saturated carbocycles. The summed E-state index contributed by atoms with van der Waals surface area (Å²) in [7, 11) is -3.62. The molecule has 0 spiro atoms. The first kappa shape index (κ1) is 15.0. The summed E-state index contributed by atoms with van der Waals surface area (Å²) in [6.07, 6.45) is 2.79. The van der Waals surface area contributed by atoms with Crippen molar-refractivity contribution in [1.82, 2.24) is 4.72 Å². The molecule has 2 atom stereocenters. The smallest absolute Gasteiger partial charge is 0.240 e. The summed E-state index contributed by atoms with van der Waals surface area (Å²) in [5, 5.41) is 18.4. The lowest BCUT2D eigenvalue weighted by atomic mass is 9.93. The molecular formula is C14H18N2O3S. The number of nitrogens with zero attached hydrogens (tertiary/aromatic N) is 1. The number of sulfonamides is 1. The molecule has 2 N–H and O–H groups in total. The normalized spacial score (nSPS) is 23.2. The van der Waals surface area contributed by atoms with Gasteiger partial charge in [0.15, 0.2) is 0 Å². The van der Waals surface area contributed by atoms with Gasteiger partial charge in [-0.3, -0.25) is 0 Å². The van der Waals surface area contributed by atoms with Gasteiger partial charge in [-0.15, -0.1) is 0 Å². The molecule has 6 heteroatoms. The molecule has 0 saturated heterocycles. The van der Waals surface area contributed by atoms with E-state index in [1.165, 1.54) is 12.1 Å². The van der Waals surface area contributed by atoms with Crippen molar-refractivity contribution in [3.8, 4) is 6.07 Å².